The number of carboxylic acids is 1. The van der Waals surface area contributed by atoms with Crippen LogP contribution in [0.1, 0.15) is 6.42 Å². The molecule has 2 saturated heterocycles. The fourth-order valence-electron chi connectivity index (χ4n) is 1.80. The van der Waals surface area contributed by atoms with Crippen molar-refractivity contribution in [3.63, 3.8) is 0 Å². The van der Waals surface area contributed by atoms with E-state index in [2.05, 4.69) is 5.32 Å². The average Bonchev–Trinajstić information content (AvgIpc) is 2.40. The molecule has 11 heavy (non-hydrogen) atoms. The first-order chi connectivity index (χ1) is 5.27. The van der Waals surface area contributed by atoms with Crippen molar-refractivity contribution in [2.75, 3.05) is 13.1 Å². The van der Waals surface area contributed by atoms with Crippen molar-refractivity contribution in [1.29, 1.82) is 0 Å². The molecule has 2 aliphatic heterocycles. The summed E-state index contributed by atoms with van der Waals surface area (Å²) in [4.78, 5) is 10.5. The Morgan fingerprint density at radius 1 is 1.55 bits per heavy atom. The normalized spacial score (nSPS) is 42.4. The third kappa shape index (κ3) is 1.12. The third-order valence-corrected chi connectivity index (χ3v) is 2.41. The van der Waals surface area contributed by atoms with Crippen LogP contribution in [-0.4, -0.2) is 36.4 Å². The first-order valence-electron chi connectivity index (χ1n) is 3.86. The molecule has 4 nitrogen and oxygen atoms in total. The van der Waals surface area contributed by atoms with Gasteiger partial charge in [0.1, 0.15) is 0 Å². The molecule has 0 aromatic rings. The summed E-state index contributed by atoms with van der Waals surface area (Å²) in [5.74, 6) is -0.393. The molecule has 2 aliphatic rings. The van der Waals surface area contributed by atoms with E-state index in [1.807, 2.05) is 0 Å². The van der Waals surface area contributed by atoms with Crippen molar-refractivity contribution in [3.05, 3.63) is 0 Å². The summed E-state index contributed by atoms with van der Waals surface area (Å²) >= 11 is 0. The Balaban J connectivity index is 1.99. The van der Waals surface area contributed by atoms with Crippen LogP contribution in [0.4, 0.5) is 0 Å². The Morgan fingerprint density at radius 3 is 3.00 bits per heavy atom. The SMILES string of the molecule is O=C(O)[C@@H]1C[C@H]2CNC[C@H]2O1. The summed E-state index contributed by atoms with van der Waals surface area (Å²) in [7, 11) is 0. The van der Waals surface area contributed by atoms with Crippen molar-refractivity contribution < 1.29 is 14.6 Å². The Hall–Kier alpha value is -0.610. The Kier molecular flexibility index (Phi) is 1.58. The average molecular weight is 157 g/mol. The van der Waals surface area contributed by atoms with E-state index in [-0.39, 0.29) is 6.10 Å². The van der Waals surface area contributed by atoms with Gasteiger partial charge in [-0.05, 0) is 6.42 Å². The zero-order valence-electron chi connectivity index (χ0n) is 6.12. The summed E-state index contributed by atoms with van der Waals surface area (Å²) in [6.45, 7) is 1.73. The number of hydrogen-bond acceptors (Lipinski definition) is 3. The molecule has 2 N–H and O–H groups in total. The first-order valence-corrected chi connectivity index (χ1v) is 3.86. The van der Waals surface area contributed by atoms with E-state index in [4.69, 9.17) is 9.84 Å². The molecule has 3 atom stereocenters. The topological polar surface area (TPSA) is 58.6 Å². The van der Waals surface area contributed by atoms with Gasteiger partial charge in [-0.1, -0.05) is 0 Å². The van der Waals surface area contributed by atoms with Crippen molar-refractivity contribution in [1.82, 2.24) is 5.32 Å². The molecule has 2 fully saturated rings. The molecule has 0 aromatic heterocycles. The zero-order chi connectivity index (χ0) is 7.84. The van der Waals surface area contributed by atoms with Gasteiger partial charge in [0.25, 0.3) is 0 Å². The fourth-order valence-corrected chi connectivity index (χ4v) is 1.80. The molecule has 0 unspecified atom stereocenters. The predicted octanol–water partition coefficient (Wildman–Crippen LogP) is -0.552. The number of fused-ring (bicyclic) bond motifs is 1. The van der Waals surface area contributed by atoms with Gasteiger partial charge in [0, 0.05) is 19.0 Å². The number of carbonyl (C=O) groups is 1. The van der Waals surface area contributed by atoms with Gasteiger partial charge in [-0.15, -0.1) is 0 Å². The Labute approximate surface area is 64.5 Å². The summed E-state index contributed by atoms with van der Waals surface area (Å²) in [5, 5.41) is 11.8. The molecule has 2 heterocycles. The number of rotatable bonds is 1. The van der Waals surface area contributed by atoms with Crippen molar-refractivity contribution in [3.8, 4) is 0 Å². The minimum absolute atomic E-state index is 0.149. The molecule has 0 aliphatic carbocycles. The lowest BCUT2D eigenvalue weighted by Gasteiger charge is -2.06. The minimum Gasteiger partial charge on any atom is -0.479 e. The van der Waals surface area contributed by atoms with Crippen LogP contribution in [0.15, 0.2) is 0 Å². The highest BCUT2D eigenvalue weighted by Crippen LogP contribution is 2.28. The maximum Gasteiger partial charge on any atom is 0.332 e. The van der Waals surface area contributed by atoms with Gasteiger partial charge >= 0.3 is 5.97 Å². The summed E-state index contributed by atoms with van der Waals surface area (Å²) in [6, 6.07) is 0. The number of hydrogen-bond donors (Lipinski definition) is 2. The lowest BCUT2D eigenvalue weighted by Crippen LogP contribution is -2.24. The second-order valence-corrected chi connectivity index (χ2v) is 3.16. The van der Waals surface area contributed by atoms with Crippen LogP contribution in [0.5, 0.6) is 0 Å². The summed E-state index contributed by atoms with van der Waals surface area (Å²) < 4.78 is 5.28. The van der Waals surface area contributed by atoms with Crippen LogP contribution in [0.3, 0.4) is 0 Å². The first kappa shape index (κ1) is 7.06. The summed E-state index contributed by atoms with van der Waals surface area (Å²) in [5.41, 5.74) is 0. The zero-order valence-corrected chi connectivity index (χ0v) is 6.12. The maximum atomic E-state index is 10.5. The van der Waals surface area contributed by atoms with Crippen LogP contribution >= 0.6 is 0 Å². The molecular weight excluding hydrogens is 146 g/mol. The molecule has 0 saturated carbocycles. The van der Waals surface area contributed by atoms with Gasteiger partial charge in [0.2, 0.25) is 0 Å². The lowest BCUT2D eigenvalue weighted by atomic mass is 10.0. The smallest absolute Gasteiger partial charge is 0.332 e. The Bertz CT molecular complexity index is 171. The molecule has 0 radical (unpaired) electrons. The molecule has 0 bridgehead atoms. The molecule has 4 heteroatoms. The van der Waals surface area contributed by atoms with E-state index in [1.165, 1.54) is 0 Å². The van der Waals surface area contributed by atoms with Crippen molar-refractivity contribution >= 4 is 5.97 Å². The van der Waals surface area contributed by atoms with Crippen LogP contribution in [0.25, 0.3) is 0 Å². The summed E-state index contributed by atoms with van der Waals surface area (Å²) in [6.07, 6.45) is 0.274. The quantitative estimate of drug-likeness (QED) is 0.536. The van der Waals surface area contributed by atoms with E-state index in [9.17, 15) is 4.79 Å². The molecule has 62 valence electrons. The lowest BCUT2D eigenvalue weighted by molar-refractivity contribution is -0.149. The Morgan fingerprint density at radius 2 is 2.36 bits per heavy atom. The minimum atomic E-state index is -0.820. The number of carboxylic acid groups (broad SMARTS) is 1. The van der Waals surface area contributed by atoms with Gasteiger partial charge in [0.15, 0.2) is 6.10 Å². The highest BCUT2D eigenvalue weighted by molar-refractivity contribution is 5.72. The number of nitrogens with one attached hydrogen (secondary N) is 1. The molecular formula is C7H11NO3. The van der Waals surface area contributed by atoms with E-state index >= 15 is 0 Å². The molecule has 2 rings (SSSR count). The van der Waals surface area contributed by atoms with E-state index < -0.39 is 12.1 Å². The monoisotopic (exact) mass is 157 g/mol. The van der Waals surface area contributed by atoms with E-state index in [1.54, 1.807) is 0 Å². The highest BCUT2D eigenvalue weighted by atomic mass is 16.5. The standard InChI is InChI=1S/C7H11NO3/c9-7(10)5-1-4-2-8-3-6(4)11-5/h4-6,8H,1-3H2,(H,9,10)/t4-,5-,6+/m0/s1. The molecule has 0 spiro atoms. The van der Waals surface area contributed by atoms with Gasteiger partial charge in [-0.2, -0.15) is 0 Å². The second kappa shape index (κ2) is 2.46. The predicted molar refractivity (Wildman–Crippen MR) is 37.3 cm³/mol. The van der Waals surface area contributed by atoms with Crippen molar-refractivity contribution in [2.24, 2.45) is 5.92 Å². The van der Waals surface area contributed by atoms with Gasteiger partial charge < -0.3 is 15.2 Å². The molecule has 0 aromatic carbocycles. The van der Waals surface area contributed by atoms with Gasteiger partial charge in [-0.25, -0.2) is 4.79 Å². The maximum absolute atomic E-state index is 10.5. The fraction of sp³-hybridized carbons (Fsp3) is 0.857. The van der Waals surface area contributed by atoms with Crippen LogP contribution in [-0.2, 0) is 9.53 Å². The number of ether oxygens (including phenoxy) is 1. The van der Waals surface area contributed by atoms with Crippen molar-refractivity contribution in [2.45, 2.75) is 18.6 Å². The van der Waals surface area contributed by atoms with Crippen LogP contribution in [0, 0.1) is 5.92 Å². The van der Waals surface area contributed by atoms with Crippen LogP contribution < -0.4 is 5.32 Å². The number of aliphatic carboxylic acids is 1. The van der Waals surface area contributed by atoms with Gasteiger partial charge in [-0.3, -0.25) is 0 Å². The van der Waals surface area contributed by atoms with E-state index in [0.29, 0.717) is 12.3 Å². The van der Waals surface area contributed by atoms with E-state index in [0.717, 1.165) is 13.1 Å². The highest BCUT2D eigenvalue weighted by Gasteiger charge is 2.41. The second-order valence-electron chi connectivity index (χ2n) is 3.16. The largest absolute Gasteiger partial charge is 0.479 e. The van der Waals surface area contributed by atoms with Crippen LogP contribution in [0.2, 0.25) is 0 Å². The third-order valence-electron chi connectivity index (χ3n) is 2.41. The van der Waals surface area contributed by atoms with Gasteiger partial charge in [0.05, 0.1) is 6.10 Å². The molecule has 0 amide bonds.